The van der Waals surface area contributed by atoms with E-state index in [2.05, 4.69) is 10.6 Å². The van der Waals surface area contributed by atoms with Crippen molar-refractivity contribution in [3.8, 4) is 0 Å². The first-order valence-corrected chi connectivity index (χ1v) is 7.28. The lowest BCUT2D eigenvalue weighted by Crippen LogP contribution is -2.39. The summed E-state index contributed by atoms with van der Waals surface area (Å²) < 4.78 is 0.647. The molecule has 108 valence electrons. The summed E-state index contributed by atoms with van der Waals surface area (Å²) >= 11 is 7.14. The lowest BCUT2D eigenvalue weighted by atomic mass is 9.97. The van der Waals surface area contributed by atoms with Gasteiger partial charge in [0.2, 0.25) is 5.91 Å². The maximum absolute atomic E-state index is 11.9. The molecule has 19 heavy (non-hydrogen) atoms. The number of aliphatic hydroxyl groups excluding tert-OH is 1. The van der Waals surface area contributed by atoms with Crippen LogP contribution in [0, 0.1) is 5.92 Å². The molecule has 1 amide bonds. The van der Waals surface area contributed by atoms with Gasteiger partial charge in [0, 0.05) is 17.3 Å². The monoisotopic (exact) mass is 324 g/mol. The van der Waals surface area contributed by atoms with Gasteiger partial charge in [-0.1, -0.05) is 11.6 Å². The molecule has 1 atom stereocenters. The molecular formula is C12H18Cl2N2O2S. The summed E-state index contributed by atoms with van der Waals surface area (Å²) in [7, 11) is 0. The number of hydrogen-bond donors (Lipinski definition) is 3. The number of thiophene rings is 1. The number of amides is 1. The second-order valence-electron chi connectivity index (χ2n) is 4.43. The minimum Gasteiger partial charge on any atom is -0.386 e. The van der Waals surface area contributed by atoms with E-state index in [-0.39, 0.29) is 30.8 Å². The second-order valence-corrected chi connectivity index (χ2v) is 6.17. The molecule has 1 unspecified atom stereocenters. The van der Waals surface area contributed by atoms with Gasteiger partial charge in [-0.15, -0.1) is 23.7 Å². The van der Waals surface area contributed by atoms with E-state index >= 15 is 0 Å². The molecule has 1 aliphatic heterocycles. The molecule has 0 aromatic carbocycles. The fraction of sp³-hybridized carbons (Fsp3) is 0.583. The number of aliphatic hydroxyl groups is 1. The maximum Gasteiger partial charge on any atom is 0.223 e. The fourth-order valence-electron chi connectivity index (χ4n) is 2.03. The van der Waals surface area contributed by atoms with Crippen molar-refractivity contribution in [3.63, 3.8) is 0 Å². The molecule has 2 heterocycles. The smallest absolute Gasteiger partial charge is 0.223 e. The maximum atomic E-state index is 11.9. The highest BCUT2D eigenvalue weighted by Crippen LogP contribution is 2.26. The third kappa shape index (κ3) is 4.93. The SMILES string of the molecule is Cl.O=C(NCC(O)c1ccc(Cl)s1)C1CCNCC1. The zero-order valence-electron chi connectivity index (χ0n) is 10.4. The van der Waals surface area contributed by atoms with Gasteiger partial charge in [-0.05, 0) is 38.1 Å². The number of carbonyl (C=O) groups is 1. The minimum absolute atomic E-state index is 0. The van der Waals surface area contributed by atoms with E-state index in [4.69, 9.17) is 11.6 Å². The van der Waals surface area contributed by atoms with E-state index in [0.29, 0.717) is 4.34 Å². The predicted molar refractivity (Wildman–Crippen MR) is 80.1 cm³/mol. The predicted octanol–water partition coefficient (Wildman–Crippen LogP) is 1.97. The number of halogens is 2. The van der Waals surface area contributed by atoms with Crippen LogP contribution in [0.4, 0.5) is 0 Å². The standard InChI is InChI=1S/C12H17ClN2O2S.ClH/c13-11-2-1-10(18-11)9(16)7-15-12(17)8-3-5-14-6-4-8;/h1-2,8-9,14,16H,3-7H2,(H,15,17);1H. The van der Waals surface area contributed by atoms with E-state index in [1.807, 2.05) is 0 Å². The molecule has 0 radical (unpaired) electrons. The Bertz CT molecular complexity index is 408. The zero-order chi connectivity index (χ0) is 13.0. The molecule has 7 heteroatoms. The van der Waals surface area contributed by atoms with Crippen molar-refractivity contribution in [1.82, 2.24) is 10.6 Å². The van der Waals surface area contributed by atoms with Crippen molar-refractivity contribution in [2.24, 2.45) is 5.92 Å². The minimum atomic E-state index is -0.673. The van der Waals surface area contributed by atoms with E-state index in [0.717, 1.165) is 30.8 Å². The van der Waals surface area contributed by atoms with Gasteiger partial charge in [-0.2, -0.15) is 0 Å². The first-order chi connectivity index (χ1) is 8.66. The van der Waals surface area contributed by atoms with Crippen molar-refractivity contribution in [1.29, 1.82) is 0 Å². The van der Waals surface area contributed by atoms with Crippen LogP contribution in [0.2, 0.25) is 4.34 Å². The average molecular weight is 325 g/mol. The molecule has 0 bridgehead atoms. The Morgan fingerprint density at radius 1 is 1.53 bits per heavy atom. The van der Waals surface area contributed by atoms with Gasteiger partial charge < -0.3 is 15.7 Å². The molecule has 0 saturated carbocycles. The molecule has 0 spiro atoms. The number of piperidine rings is 1. The summed E-state index contributed by atoms with van der Waals surface area (Å²) in [6.45, 7) is 2.03. The van der Waals surface area contributed by atoms with Crippen LogP contribution in [-0.4, -0.2) is 30.6 Å². The lowest BCUT2D eigenvalue weighted by Gasteiger charge is -2.22. The van der Waals surface area contributed by atoms with E-state index < -0.39 is 6.10 Å². The van der Waals surface area contributed by atoms with Crippen LogP contribution < -0.4 is 10.6 Å². The Morgan fingerprint density at radius 3 is 2.79 bits per heavy atom. The Hall–Kier alpha value is -0.330. The highest BCUT2D eigenvalue weighted by molar-refractivity contribution is 7.16. The Labute approximate surface area is 127 Å². The van der Waals surface area contributed by atoms with Crippen LogP contribution in [0.3, 0.4) is 0 Å². The lowest BCUT2D eigenvalue weighted by molar-refractivity contribution is -0.126. The van der Waals surface area contributed by atoms with Crippen LogP contribution in [0.5, 0.6) is 0 Å². The highest BCUT2D eigenvalue weighted by Gasteiger charge is 2.21. The van der Waals surface area contributed by atoms with Crippen molar-refractivity contribution in [2.45, 2.75) is 18.9 Å². The molecule has 1 aromatic rings. The molecule has 0 aliphatic carbocycles. The Balaban J connectivity index is 0.00000180. The van der Waals surface area contributed by atoms with Crippen molar-refractivity contribution in [2.75, 3.05) is 19.6 Å². The van der Waals surface area contributed by atoms with Gasteiger partial charge in [-0.3, -0.25) is 4.79 Å². The zero-order valence-corrected chi connectivity index (χ0v) is 12.8. The number of hydrogen-bond acceptors (Lipinski definition) is 4. The number of nitrogens with one attached hydrogen (secondary N) is 2. The molecule has 1 saturated heterocycles. The van der Waals surface area contributed by atoms with Gasteiger partial charge >= 0.3 is 0 Å². The molecule has 2 rings (SSSR count). The fourth-order valence-corrected chi connectivity index (χ4v) is 3.08. The molecule has 4 nitrogen and oxygen atoms in total. The third-order valence-electron chi connectivity index (χ3n) is 3.10. The third-order valence-corrected chi connectivity index (χ3v) is 4.43. The van der Waals surface area contributed by atoms with Crippen molar-refractivity contribution in [3.05, 3.63) is 21.3 Å². The van der Waals surface area contributed by atoms with Crippen LogP contribution >= 0.6 is 35.3 Å². The molecule has 1 aromatic heterocycles. The molecule has 3 N–H and O–H groups in total. The van der Waals surface area contributed by atoms with Crippen LogP contribution in [-0.2, 0) is 4.79 Å². The number of carbonyl (C=O) groups excluding carboxylic acids is 1. The Morgan fingerprint density at radius 2 is 2.21 bits per heavy atom. The summed E-state index contributed by atoms with van der Waals surface area (Å²) in [5.41, 5.74) is 0. The second kappa shape index (κ2) is 8.07. The van der Waals surface area contributed by atoms with E-state index in [1.165, 1.54) is 11.3 Å². The summed E-state index contributed by atoms with van der Waals surface area (Å²) in [5.74, 6) is 0.114. The highest BCUT2D eigenvalue weighted by atomic mass is 35.5. The van der Waals surface area contributed by atoms with Crippen LogP contribution in [0.15, 0.2) is 12.1 Å². The van der Waals surface area contributed by atoms with E-state index in [1.54, 1.807) is 12.1 Å². The molecule has 1 fully saturated rings. The summed E-state index contributed by atoms with van der Waals surface area (Å²) in [5, 5.41) is 15.9. The van der Waals surface area contributed by atoms with Crippen LogP contribution in [0.1, 0.15) is 23.8 Å². The van der Waals surface area contributed by atoms with Gasteiger partial charge in [0.05, 0.1) is 4.34 Å². The van der Waals surface area contributed by atoms with Crippen molar-refractivity contribution >= 4 is 41.3 Å². The average Bonchev–Trinajstić information content (AvgIpc) is 2.83. The molecule has 1 aliphatic rings. The Kier molecular flexibility index (Phi) is 7.10. The van der Waals surface area contributed by atoms with Gasteiger partial charge in [-0.25, -0.2) is 0 Å². The quantitative estimate of drug-likeness (QED) is 0.793. The summed E-state index contributed by atoms with van der Waals surface area (Å²) in [4.78, 5) is 12.6. The summed E-state index contributed by atoms with van der Waals surface area (Å²) in [6, 6.07) is 3.54. The van der Waals surface area contributed by atoms with E-state index in [9.17, 15) is 9.90 Å². The largest absolute Gasteiger partial charge is 0.386 e. The number of rotatable bonds is 4. The topological polar surface area (TPSA) is 61.4 Å². The van der Waals surface area contributed by atoms with Crippen LogP contribution in [0.25, 0.3) is 0 Å². The normalized spacial score (nSPS) is 17.6. The molecular weight excluding hydrogens is 307 g/mol. The first kappa shape index (κ1) is 16.7. The van der Waals surface area contributed by atoms with Gasteiger partial charge in [0.25, 0.3) is 0 Å². The summed E-state index contributed by atoms with van der Waals surface area (Å²) in [6.07, 6.45) is 1.06. The van der Waals surface area contributed by atoms with Crippen molar-refractivity contribution < 1.29 is 9.90 Å². The van der Waals surface area contributed by atoms with Gasteiger partial charge in [0.15, 0.2) is 0 Å². The first-order valence-electron chi connectivity index (χ1n) is 6.08. The van der Waals surface area contributed by atoms with Gasteiger partial charge in [0.1, 0.15) is 6.10 Å².